The number of benzene rings is 1. The number of hydrogen-bond acceptors (Lipinski definition) is 3. The molecule has 0 radical (unpaired) electrons. The summed E-state index contributed by atoms with van der Waals surface area (Å²) in [6.07, 6.45) is 0. The minimum Gasteiger partial charge on any atom is -0.328 e. The summed E-state index contributed by atoms with van der Waals surface area (Å²) in [5.41, 5.74) is 10.7. The SMILES string of the molecule is Cc1cc2nc(-c3cccs3)n(C(C)CN)c2cc1C. The number of nitrogens with two attached hydrogens (primary N) is 1. The van der Waals surface area contributed by atoms with Crippen LogP contribution in [0.3, 0.4) is 0 Å². The van der Waals surface area contributed by atoms with Crippen molar-refractivity contribution in [1.82, 2.24) is 9.55 Å². The standard InChI is InChI=1S/C16H19N3S/c1-10-7-13-14(8-11(10)2)19(12(3)9-17)16(18-13)15-5-4-6-20-15/h4-8,12H,9,17H2,1-3H3. The second-order valence-electron chi connectivity index (χ2n) is 5.29. The summed E-state index contributed by atoms with van der Waals surface area (Å²) in [5.74, 6) is 1.03. The van der Waals surface area contributed by atoms with Crippen molar-refractivity contribution in [2.75, 3.05) is 6.54 Å². The van der Waals surface area contributed by atoms with Crippen LogP contribution in [0.1, 0.15) is 24.1 Å². The molecule has 0 aliphatic carbocycles. The number of fused-ring (bicyclic) bond motifs is 1. The van der Waals surface area contributed by atoms with E-state index in [2.05, 4.69) is 55.0 Å². The first kappa shape index (κ1) is 13.3. The Kier molecular flexibility index (Phi) is 3.36. The van der Waals surface area contributed by atoms with Crippen LogP contribution in [-0.4, -0.2) is 16.1 Å². The van der Waals surface area contributed by atoms with Gasteiger partial charge in [0.05, 0.1) is 15.9 Å². The summed E-state index contributed by atoms with van der Waals surface area (Å²) in [7, 11) is 0. The van der Waals surface area contributed by atoms with E-state index in [0.29, 0.717) is 6.54 Å². The molecule has 3 aromatic rings. The molecule has 4 heteroatoms. The molecule has 0 aliphatic rings. The van der Waals surface area contributed by atoms with Gasteiger partial charge in [0.1, 0.15) is 0 Å². The van der Waals surface area contributed by atoms with E-state index in [1.54, 1.807) is 11.3 Å². The molecule has 104 valence electrons. The van der Waals surface area contributed by atoms with E-state index in [9.17, 15) is 0 Å². The Bertz CT molecular complexity index is 741. The first-order chi connectivity index (χ1) is 9.61. The monoisotopic (exact) mass is 285 g/mol. The molecule has 0 saturated carbocycles. The molecule has 0 fully saturated rings. The van der Waals surface area contributed by atoms with Gasteiger partial charge in [0.15, 0.2) is 5.82 Å². The molecule has 2 heterocycles. The van der Waals surface area contributed by atoms with Crippen LogP contribution < -0.4 is 5.73 Å². The number of aryl methyl sites for hydroxylation is 2. The molecule has 0 amide bonds. The van der Waals surface area contributed by atoms with Crippen LogP contribution in [0.4, 0.5) is 0 Å². The lowest BCUT2D eigenvalue weighted by Crippen LogP contribution is -2.16. The Morgan fingerprint density at radius 1 is 1.30 bits per heavy atom. The highest BCUT2D eigenvalue weighted by molar-refractivity contribution is 7.13. The summed E-state index contributed by atoms with van der Waals surface area (Å²) in [5, 5.41) is 2.09. The zero-order valence-electron chi connectivity index (χ0n) is 12.1. The third-order valence-electron chi connectivity index (χ3n) is 3.83. The number of thiophene rings is 1. The molecule has 3 nitrogen and oxygen atoms in total. The van der Waals surface area contributed by atoms with Crippen LogP contribution in [0.5, 0.6) is 0 Å². The molecule has 2 aromatic heterocycles. The highest BCUT2D eigenvalue weighted by Gasteiger charge is 2.17. The maximum absolute atomic E-state index is 5.90. The van der Waals surface area contributed by atoms with Crippen LogP contribution >= 0.6 is 11.3 Å². The third kappa shape index (κ3) is 2.05. The van der Waals surface area contributed by atoms with Gasteiger partial charge >= 0.3 is 0 Å². The predicted octanol–water partition coefficient (Wildman–Crippen LogP) is 3.90. The second kappa shape index (κ2) is 5.04. The lowest BCUT2D eigenvalue weighted by molar-refractivity contribution is 0.579. The molecule has 0 spiro atoms. The van der Waals surface area contributed by atoms with Crippen LogP contribution in [0.15, 0.2) is 29.6 Å². The van der Waals surface area contributed by atoms with E-state index in [4.69, 9.17) is 10.7 Å². The summed E-state index contributed by atoms with van der Waals surface area (Å²) < 4.78 is 2.27. The summed E-state index contributed by atoms with van der Waals surface area (Å²) >= 11 is 1.72. The highest BCUT2D eigenvalue weighted by atomic mass is 32.1. The zero-order chi connectivity index (χ0) is 14.3. The van der Waals surface area contributed by atoms with Crippen LogP contribution in [0.25, 0.3) is 21.7 Å². The molecule has 20 heavy (non-hydrogen) atoms. The quantitative estimate of drug-likeness (QED) is 0.793. The number of hydrogen-bond donors (Lipinski definition) is 1. The Labute approximate surface area is 123 Å². The molecule has 0 saturated heterocycles. The van der Waals surface area contributed by atoms with Crippen molar-refractivity contribution in [3.63, 3.8) is 0 Å². The van der Waals surface area contributed by atoms with Crippen molar-refractivity contribution < 1.29 is 0 Å². The first-order valence-electron chi connectivity index (χ1n) is 6.85. The van der Waals surface area contributed by atoms with E-state index < -0.39 is 0 Å². The van der Waals surface area contributed by atoms with E-state index in [1.165, 1.54) is 21.5 Å². The topological polar surface area (TPSA) is 43.8 Å². The van der Waals surface area contributed by atoms with Gasteiger partial charge in [-0.2, -0.15) is 0 Å². The fraction of sp³-hybridized carbons (Fsp3) is 0.312. The average molecular weight is 285 g/mol. The highest BCUT2D eigenvalue weighted by Crippen LogP contribution is 2.32. The van der Waals surface area contributed by atoms with Gasteiger partial charge in [-0.15, -0.1) is 11.3 Å². The van der Waals surface area contributed by atoms with Gasteiger partial charge in [-0.25, -0.2) is 4.98 Å². The number of rotatable bonds is 3. The smallest absolute Gasteiger partial charge is 0.151 e. The van der Waals surface area contributed by atoms with Gasteiger partial charge in [0, 0.05) is 12.6 Å². The Morgan fingerprint density at radius 3 is 2.70 bits per heavy atom. The molecular formula is C16H19N3S. The number of imidazole rings is 1. The molecule has 1 atom stereocenters. The Balaban J connectivity index is 2.34. The summed E-state index contributed by atoms with van der Waals surface area (Å²) in [4.78, 5) is 6.04. The third-order valence-corrected chi connectivity index (χ3v) is 4.69. The zero-order valence-corrected chi connectivity index (χ0v) is 12.9. The van der Waals surface area contributed by atoms with Gasteiger partial charge in [-0.3, -0.25) is 0 Å². The van der Waals surface area contributed by atoms with Crippen molar-refractivity contribution in [3.05, 3.63) is 40.8 Å². The van der Waals surface area contributed by atoms with Crippen molar-refractivity contribution >= 4 is 22.4 Å². The molecule has 3 rings (SSSR count). The van der Waals surface area contributed by atoms with E-state index in [1.807, 2.05) is 0 Å². The molecular weight excluding hydrogens is 266 g/mol. The van der Waals surface area contributed by atoms with Crippen molar-refractivity contribution in [2.24, 2.45) is 5.73 Å². The van der Waals surface area contributed by atoms with Gasteiger partial charge in [-0.05, 0) is 55.5 Å². The summed E-state index contributed by atoms with van der Waals surface area (Å²) in [6, 6.07) is 8.81. The fourth-order valence-corrected chi connectivity index (χ4v) is 3.19. The van der Waals surface area contributed by atoms with Gasteiger partial charge in [0.2, 0.25) is 0 Å². The van der Waals surface area contributed by atoms with Crippen LogP contribution in [-0.2, 0) is 0 Å². The Morgan fingerprint density at radius 2 is 2.05 bits per heavy atom. The molecule has 1 aromatic carbocycles. The van der Waals surface area contributed by atoms with Gasteiger partial charge in [-0.1, -0.05) is 6.07 Å². The molecule has 2 N–H and O–H groups in total. The first-order valence-corrected chi connectivity index (χ1v) is 7.73. The van der Waals surface area contributed by atoms with Crippen molar-refractivity contribution in [1.29, 1.82) is 0 Å². The Hall–Kier alpha value is -1.65. The average Bonchev–Trinajstić information content (AvgIpc) is 3.05. The summed E-state index contributed by atoms with van der Waals surface area (Å²) in [6.45, 7) is 7.03. The largest absolute Gasteiger partial charge is 0.328 e. The van der Waals surface area contributed by atoms with E-state index >= 15 is 0 Å². The van der Waals surface area contributed by atoms with Gasteiger partial charge < -0.3 is 10.3 Å². The van der Waals surface area contributed by atoms with E-state index in [0.717, 1.165) is 11.3 Å². The molecule has 0 aliphatic heterocycles. The predicted molar refractivity (Wildman–Crippen MR) is 86.3 cm³/mol. The van der Waals surface area contributed by atoms with Crippen LogP contribution in [0, 0.1) is 13.8 Å². The minimum atomic E-state index is 0.235. The van der Waals surface area contributed by atoms with Gasteiger partial charge in [0.25, 0.3) is 0 Å². The number of aromatic nitrogens is 2. The van der Waals surface area contributed by atoms with Crippen molar-refractivity contribution in [3.8, 4) is 10.7 Å². The number of nitrogens with zero attached hydrogens (tertiary/aromatic N) is 2. The fourth-order valence-electron chi connectivity index (χ4n) is 2.48. The lowest BCUT2D eigenvalue weighted by Gasteiger charge is -2.15. The van der Waals surface area contributed by atoms with Crippen LogP contribution in [0.2, 0.25) is 0 Å². The normalized spacial score (nSPS) is 13.0. The molecule has 1 unspecified atom stereocenters. The van der Waals surface area contributed by atoms with Crippen molar-refractivity contribution in [2.45, 2.75) is 26.8 Å². The lowest BCUT2D eigenvalue weighted by atomic mass is 10.1. The second-order valence-corrected chi connectivity index (χ2v) is 6.24. The maximum atomic E-state index is 5.90. The minimum absolute atomic E-state index is 0.235. The maximum Gasteiger partial charge on any atom is 0.151 e. The van der Waals surface area contributed by atoms with E-state index in [-0.39, 0.29) is 6.04 Å². The molecule has 0 bridgehead atoms.